The van der Waals surface area contributed by atoms with Crippen molar-refractivity contribution < 1.29 is 13.9 Å². The second-order valence-electron chi connectivity index (χ2n) is 4.98. The molecular formula is C14H20FNO2. The lowest BCUT2D eigenvalue weighted by atomic mass is 9.92. The Kier molecular flexibility index (Phi) is 4.19. The highest BCUT2D eigenvalue weighted by molar-refractivity contribution is 5.29. The molecule has 0 spiro atoms. The normalized spacial score (nSPS) is 25.1. The first-order valence-electron chi connectivity index (χ1n) is 6.29. The molecule has 1 saturated heterocycles. The van der Waals surface area contributed by atoms with Gasteiger partial charge < -0.3 is 15.2 Å². The van der Waals surface area contributed by atoms with Crippen LogP contribution in [0, 0.1) is 11.7 Å². The van der Waals surface area contributed by atoms with Gasteiger partial charge in [-0.25, -0.2) is 4.39 Å². The summed E-state index contributed by atoms with van der Waals surface area (Å²) in [4.78, 5) is 0. The van der Waals surface area contributed by atoms with E-state index in [0.717, 1.165) is 12.0 Å². The Bertz CT molecular complexity index is 411. The van der Waals surface area contributed by atoms with Crippen molar-refractivity contribution in [1.29, 1.82) is 0 Å². The number of ether oxygens (including phenoxy) is 2. The molecule has 1 fully saturated rings. The van der Waals surface area contributed by atoms with Gasteiger partial charge in [0.2, 0.25) is 0 Å². The van der Waals surface area contributed by atoms with Crippen LogP contribution in [0.2, 0.25) is 0 Å². The van der Waals surface area contributed by atoms with Crippen LogP contribution in [-0.2, 0) is 11.2 Å². The van der Waals surface area contributed by atoms with Gasteiger partial charge in [0.15, 0.2) is 11.6 Å². The zero-order valence-corrected chi connectivity index (χ0v) is 10.9. The molecular weight excluding hydrogens is 233 g/mol. The molecule has 1 heterocycles. The van der Waals surface area contributed by atoms with Crippen LogP contribution in [0.15, 0.2) is 18.2 Å². The monoisotopic (exact) mass is 253 g/mol. The lowest BCUT2D eigenvalue weighted by molar-refractivity contribution is 0.118. The summed E-state index contributed by atoms with van der Waals surface area (Å²) < 4.78 is 24.0. The molecule has 0 bridgehead atoms. The van der Waals surface area contributed by atoms with Gasteiger partial charge in [0.05, 0.1) is 19.8 Å². The van der Waals surface area contributed by atoms with E-state index in [0.29, 0.717) is 18.9 Å². The third-order valence-corrected chi connectivity index (χ3v) is 3.52. The number of hydrogen-bond donors (Lipinski definition) is 1. The maximum Gasteiger partial charge on any atom is 0.165 e. The van der Waals surface area contributed by atoms with Gasteiger partial charge in [0, 0.05) is 12.0 Å². The van der Waals surface area contributed by atoms with Crippen molar-refractivity contribution in [2.24, 2.45) is 11.7 Å². The van der Waals surface area contributed by atoms with Gasteiger partial charge in [-0.15, -0.1) is 0 Å². The number of nitrogens with two attached hydrogens (primary N) is 1. The van der Waals surface area contributed by atoms with Crippen LogP contribution < -0.4 is 10.5 Å². The van der Waals surface area contributed by atoms with E-state index in [1.165, 1.54) is 13.2 Å². The molecule has 0 radical (unpaired) electrons. The average molecular weight is 253 g/mol. The molecule has 1 aromatic carbocycles. The van der Waals surface area contributed by atoms with Gasteiger partial charge in [-0.2, -0.15) is 0 Å². The topological polar surface area (TPSA) is 44.5 Å². The molecule has 1 aliphatic rings. The number of hydrogen-bond acceptors (Lipinski definition) is 3. The Morgan fingerprint density at radius 2 is 2.33 bits per heavy atom. The number of halogens is 1. The maximum absolute atomic E-state index is 13.5. The van der Waals surface area contributed by atoms with E-state index in [1.807, 2.05) is 6.07 Å². The Hall–Kier alpha value is -1.13. The molecule has 3 unspecified atom stereocenters. The van der Waals surface area contributed by atoms with Crippen LogP contribution in [0.4, 0.5) is 4.39 Å². The van der Waals surface area contributed by atoms with E-state index >= 15 is 0 Å². The van der Waals surface area contributed by atoms with E-state index in [9.17, 15) is 4.39 Å². The van der Waals surface area contributed by atoms with Crippen LogP contribution in [0.25, 0.3) is 0 Å². The molecule has 0 amide bonds. The summed E-state index contributed by atoms with van der Waals surface area (Å²) in [5.41, 5.74) is 7.06. The van der Waals surface area contributed by atoms with E-state index in [2.05, 4.69) is 6.92 Å². The summed E-state index contributed by atoms with van der Waals surface area (Å²) in [5.74, 6) is 0.300. The molecule has 2 N–H and O–H groups in total. The van der Waals surface area contributed by atoms with E-state index < -0.39 is 0 Å². The lowest BCUT2D eigenvalue weighted by Gasteiger charge is -2.18. The van der Waals surface area contributed by atoms with Crippen LogP contribution in [0.5, 0.6) is 5.75 Å². The maximum atomic E-state index is 13.5. The zero-order valence-electron chi connectivity index (χ0n) is 10.9. The van der Waals surface area contributed by atoms with Gasteiger partial charge in [-0.1, -0.05) is 6.07 Å². The summed E-state index contributed by atoms with van der Waals surface area (Å²) in [6, 6.07) is 5.02. The van der Waals surface area contributed by atoms with Gasteiger partial charge in [-0.3, -0.25) is 0 Å². The molecule has 2 rings (SSSR count). The largest absolute Gasteiger partial charge is 0.494 e. The Morgan fingerprint density at radius 1 is 1.56 bits per heavy atom. The van der Waals surface area contributed by atoms with Crippen molar-refractivity contribution in [2.45, 2.75) is 31.9 Å². The molecule has 1 aliphatic heterocycles. The summed E-state index contributed by atoms with van der Waals surface area (Å²) >= 11 is 0. The first-order valence-corrected chi connectivity index (χ1v) is 6.29. The minimum Gasteiger partial charge on any atom is -0.494 e. The van der Waals surface area contributed by atoms with Crippen molar-refractivity contribution in [3.63, 3.8) is 0 Å². The molecule has 18 heavy (non-hydrogen) atoms. The van der Waals surface area contributed by atoms with Gasteiger partial charge in [0.1, 0.15) is 0 Å². The third kappa shape index (κ3) is 3.00. The van der Waals surface area contributed by atoms with Crippen LogP contribution in [0.3, 0.4) is 0 Å². The number of methoxy groups -OCH3 is 1. The molecule has 3 atom stereocenters. The number of benzene rings is 1. The van der Waals surface area contributed by atoms with Crippen LogP contribution in [0.1, 0.15) is 18.9 Å². The summed E-state index contributed by atoms with van der Waals surface area (Å²) in [7, 11) is 1.46. The SMILES string of the molecule is COc1ccc(CC(N)C2COC(C)C2)cc1F. The third-order valence-electron chi connectivity index (χ3n) is 3.52. The Morgan fingerprint density at radius 3 is 2.89 bits per heavy atom. The van der Waals surface area contributed by atoms with Crippen molar-refractivity contribution in [3.8, 4) is 5.75 Å². The summed E-state index contributed by atoms with van der Waals surface area (Å²) in [5, 5.41) is 0. The highest BCUT2D eigenvalue weighted by Gasteiger charge is 2.27. The molecule has 3 nitrogen and oxygen atoms in total. The molecule has 1 aromatic rings. The molecule has 0 aromatic heterocycles. The van der Waals surface area contributed by atoms with E-state index in [4.69, 9.17) is 15.2 Å². The average Bonchev–Trinajstić information content (AvgIpc) is 2.76. The fourth-order valence-corrected chi connectivity index (χ4v) is 2.42. The van der Waals surface area contributed by atoms with E-state index in [-0.39, 0.29) is 23.7 Å². The predicted octanol–water partition coefficient (Wildman–Crippen LogP) is 2.13. The minimum atomic E-state index is -0.335. The minimum absolute atomic E-state index is 0.0164. The first kappa shape index (κ1) is 13.3. The molecule has 0 aliphatic carbocycles. The highest BCUT2D eigenvalue weighted by atomic mass is 19.1. The van der Waals surface area contributed by atoms with Gasteiger partial charge in [-0.05, 0) is 37.5 Å². The zero-order chi connectivity index (χ0) is 13.1. The molecule has 100 valence electrons. The lowest BCUT2D eigenvalue weighted by Crippen LogP contribution is -2.32. The Labute approximate surface area is 107 Å². The van der Waals surface area contributed by atoms with Gasteiger partial charge in [0.25, 0.3) is 0 Å². The van der Waals surface area contributed by atoms with Crippen LogP contribution in [-0.4, -0.2) is 25.9 Å². The number of rotatable bonds is 4. The van der Waals surface area contributed by atoms with Crippen molar-refractivity contribution in [3.05, 3.63) is 29.6 Å². The van der Waals surface area contributed by atoms with Crippen molar-refractivity contribution >= 4 is 0 Å². The van der Waals surface area contributed by atoms with Crippen LogP contribution >= 0.6 is 0 Å². The summed E-state index contributed by atoms with van der Waals surface area (Å²) in [6.45, 7) is 2.76. The molecule has 0 saturated carbocycles. The fraction of sp³-hybridized carbons (Fsp3) is 0.571. The first-order chi connectivity index (χ1) is 8.60. The van der Waals surface area contributed by atoms with Crippen molar-refractivity contribution in [2.75, 3.05) is 13.7 Å². The fourth-order valence-electron chi connectivity index (χ4n) is 2.42. The smallest absolute Gasteiger partial charge is 0.165 e. The second-order valence-corrected chi connectivity index (χ2v) is 4.98. The second kappa shape index (κ2) is 5.67. The molecule has 4 heteroatoms. The Balaban J connectivity index is 1.98. The van der Waals surface area contributed by atoms with Gasteiger partial charge >= 0.3 is 0 Å². The standard InChI is InChI=1S/C14H20FNO2/c1-9-5-11(8-18-9)13(16)7-10-3-4-14(17-2)12(15)6-10/h3-4,6,9,11,13H,5,7-8,16H2,1-2H3. The van der Waals surface area contributed by atoms with Crippen molar-refractivity contribution in [1.82, 2.24) is 0 Å². The highest BCUT2D eigenvalue weighted by Crippen LogP contribution is 2.24. The quantitative estimate of drug-likeness (QED) is 0.894. The predicted molar refractivity (Wildman–Crippen MR) is 68.2 cm³/mol. The van der Waals surface area contributed by atoms with E-state index in [1.54, 1.807) is 6.07 Å². The summed E-state index contributed by atoms with van der Waals surface area (Å²) in [6.07, 6.45) is 1.94.